The van der Waals surface area contributed by atoms with Crippen molar-refractivity contribution in [3.63, 3.8) is 0 Å². The molecule has 0 aliphatic heterocycles. The molecular formula is C12H27N. The van der Waals surface area contributed by atoms with Crippen molar-refractivity contribution in [3.8, 4) is 0 Å². The largest absolute Gasteiger partial charge is 0.328 e. The lowest BCUT2D eigenvalue weighted by atomic mass is 10.0. The molecule has 1 unspecified atom stereocenters. The molecule has 0 radical (unpaired) electrons. The molecule has 0 aromatic heterocycles. The van der Waals surface area contributed by atoms with Crippen LogP contribution in [0.1, 0.15) is 65.7 Å². The van der Waals surface area contributed by atoms with Crippen molar-refractivity contribution in [2.24, 2.45) is 11.7 Å². The zero-order chi connectivity index (χ0) is 10.1. The summed E-state index contributed by atoms with van der Waals surface area (Å²) in [5.41, 5.74) is 5.67. The second kappa shape index (κ2) is 8.55. The average molecular weight is 185 g/mol. The molecule has 0 amide bonds. The minimum absolute atomic E-state index is 0.399. The highest BCUT2D eigenvalue weighted by atomic mass is 14.6. The van der Waals surface area contributed by atoms with E-state index in [4.69, 9.17) is 5.73 Å². The van der Waals surface area contributed by atoms with Crippen molar-refractivity contribution in [1.82, 2.24) is 0 Å². The van der Waals surface area contributed by atoms with Crippen molar-refractivity contribution >= 4 is 0 Å². The molecule has 80 valence electrons. The molecule has 0 fully saturated rings. The SMILES string of the molecule is CC(C)CCCCCCCC(C)N. The minimum Gasteiger partial charge on any atom is -0.328 e. The highest BCUT2D eigenvalue weighted by Gasteiger charge is 1.96. The Hall–Kier alpha value is -0.0400. The van der Waals surface area contributed by atoms with Gasteiger partial charge in [-0.15, -0.1) is 0 Å². The fourth-order valence-corrected chi connectivity index (χ4v) is 1.55. The topological polar surface area (TPSA) is 26.0 Å². The zero-order valence-corrected chi connectivity index (χ0v) is 9.68. The number of hydrogen-bond donors (Lipinski definition) is 1. The Balaban J connectivity index is 2.92. The Kier molecular flexibility index (Phi) is 8.53. The summed E-state index contributed by atoms with van der Waals surface area (Å²) < 4.78 is 0. The van der Waals surface area contributed by atoms with Crippen LogP contribution in [0.15, 0.2) is 0 Å². The van der Waals surface area contributed by atoms with Crippen LogP contribution in [0.5, 0.6) is 0 Å². The molecule has 0 heterocycles. The normalized spacial score (nSPS) is 13.6. The Morgan fingerprint density at radius 1 is 0.769 bits per heavy atom. The van der Waals surface area contributed by atoms with E-state index >= 15 is 0 Å². The van der Waals surface area contributed by atoms with E-state index in [-0.39, 0.29) is 0 Å². The molecular weight excluding hydrogens is 158 g/mol. The first-order chi connectivity index (χ1) is 6.13. The molecule has 0 saturated heterocycles. The maximum absolute atomic E-state index is 5.67. The fourth-order valence-electron chi connectivity index (χ4n) is 1.55. The molecule has 13 heavy (non-hydrogen) atoms. The second-order valence-electron chi connectivity index (χ2n) is 4.72. The number of unbranched alkanes of at least 4 members (excludes halogenated alkanes) is 4. The molecule has 0 aromatic carbocycles. The Bertz CT molecular complexity index is 85.3. The van der Waals surface area contributed by atoms with Crippen molar-refractivity contribution in [1.29, 1.82) is 0 Å². The number of nitrogens with two attached hydrogens (primary N) is 1. The molecule has 0 saturated carbocycles. The second-order valence-corrected chi connectivity index (χ2v) is 4.72. The van der Waals surface area contributed by atoms with Crippen molar-refractivity contribution in [3.05, 3.63) is 0 Å². The van der Waals surface area contributed by atoms with Gasteiger partial charge in [-0.25, -0.2) is 0 Å². The predicted molar refractivity (Wildman–Crippen MR) is 60.8 cm³/mol. The van der Waals surface area contributed by atoms with E-state index in [1.165, 1.54) is 44.9 Å². The molecule has 0 aromatic rings. The maximum atomic E-state index is 5.67. The number of rotatable bonds is 8. The van der Waals surface area contributed by atoms with Crippen LogP contribution in [0.4, 0.5) is 0 Å². The van der Waals surface area contributed by atoms with Crippen LogP contribution >= 0.6 is 0 Å². The standard InChI is InChI=1S/C12H27N/c1-11(2)9-7-5-4-6-8-10-12(3)13/h11-12H,4-10,13H2,1-3H3. The van der Waals surface area contributed by atoms with Gasteiger partial charge in [0.2, 0.25) is 0 Å². The van der Waals surface area contributed by atoms with Gasteiger partial charge in [-0.2, -0.15) is 0 Å². The van der Waals surface area contributed by atoms with Gasteiger partial charge >= 0.3 is 0 Å². The van der Waals surface area contributed by atoms with Gasteiger partial charge in [0.15, 0.2) is 0 Å². The van der Waals surface area contributed by atoms with Gasteiger partial charge in [0, 0.05) is 6.04 Å². The summed E-state index contributed by atoms with van der Waals surface area (Å²) >= 11 is 0. The summed E-state index contributed by atoms with van der Waals surface area (Å²) in [6.07, 6.45) is 9.52. The minimum atomic E-state index is 0.399. The number of hydrogen-bond acceptors (Lipinski definition) is 1. The quantitative estimate of drug-likeness (QED) is 0.573. The summed E-state index contributed by atoms with van der Waals surface area (Å²) in [5.74, 6) is 0.879. The van der Waals surface area contributed by atoms with E-state index in [9.17, 15) is 0 Å². The summed E-state index contributed by atoms with van der Waals surface area (Å²) in [7, 11) is 0. The molecule has 0 aliphatic rings. The molecule has 0 rings (SSSR count). The summed E-state index contributed by atoms with van der Waals surface area (Å²) in [6, 6.07) is 0.399. The fraction of sp³-hybridized carbons (Fsp3) is 1.00. The third-order valence-electron chi connectivity index (χ3n) is 2.44. The highest BCUT2D eigenvalue weighted by molar-refractivity contribution is 4.54. The summed E-state index contributed by atoms with van der Waals surface area (Å²) in [5, 5.41) is 0. The van der Waals surface area contributed by atoms with E-state index in [0.717, 1.165) is 5.92 Å². The Morgan fingerprint density at radius 2 is 1.23 bits per heavy atom. The van der Waals surface area contributed by atoms with E-state index in [1.54, 1.807) is 0 Å². The van der Waals surface area contributed by atoms with Gasteiger partial charge in [-0.3, -0.25) is 0 Å². The summed E-state index contributed by atoms with van der Waals surface area (Å²) in [6.45, 7) is 6.70. The van der Waals surface area contributed by atoms with Gasteiger partial charge in [0.1, 0.15) is 0 Å². The molecule has 1 nitrogen and oxygen atoms in total. The van der Waals surface area contributed by atoms with Crippen LogP contribution in [0.3, 0.4) is 0 Å². The first-order valence-electron chi connectivity index (χ1n) is 5.88. The van der Waals surface area contributed by atoms with Crippen LogP contribution in [0.2, 0.25) is 0 Å². The lowest BCUT2D eigenvalue weighted by Crippen LogP contribution is -2.13. The Labute approximate surface area is 84.1 Å². The van der Waals surface area contributed by atoms with Crippen molar-refractivity contribution in [2.75, 3.05) is 0 Å². The molecule has 2 N–H and O–H groups in total. The van der Waals surface area contributed by atoms with Crippen molar-refractivity contribution in [2.45, 2.75) is 71.8 Å². The van der Waals surface area contributed by atoms with Gasteiger partial charge in [-0.05, 0) is 19.3 Å². The average Bonchev–Trinajstić information content (AvgIpc) is 2.01. The monoisotopic (exact) mass is 185 g/mol. The van der Waals surface area contributed by atoms with Gasteiger partial charge in [0.05, 0.1) is 0 Å². The van der Waals surface area contributed by atoms with Crippen LogP contribution in [0, 0.1) is 5.92 Å². The third kappa shape index (κ3) is 12.0. The lowest BCUT2D eigenvalue weighted by molar-refractivity contribution is 0.504. The molecule has 0 aliphatic carbocycles. The molecule has 1 heteroatoms. The smallest absolute Gasteiger partial charge is 0.00104 e. The van der Waals surface area contributed by atoms with Crippen LogP contribution in [0.25, 0.3) is 0 Å². The maximum Gasteiger partial charge on any atom is 0.00104 e. The molecule has 0 bridgehead atoms. The first kappa shape index (κ1) is 13.0. The van der Waals surface area contributed by atoms with Gasteiger partial charge in [-0.1, -0.05) is 52.4 Å². The van der Waals surface area contributed by atoms with Crippen LogP contribution < -0.4 is 5.73 Å². The van der Waals surface area contributed by atoms with E-state index in [2.05, 4.69) is 20.8 Å². The van der Waals surface area contributed by atoms with E-state index < -0.39 is 0 Å². The van der Waals surface area contributed by atoms with E-state index in [0.29, 0.717) is 6.04 Å². The summed E-state index contributed by atoms with van der Waals surface area (Å²) in [4.78, 5) is 0. The van der Waals surface area contributed by atoms with Gasteiger partial charge in [0.25, 0.3) is 0 Å². The van der Waals surface area contributed by atoms with Gasteiger partial charge < -0.3 is 5.73 Å². The highest BCUT2D eigenvalue weighted by Crippen LogP contribution is 2.11. The Morgan fingerprint density at radius 3 is 1.69 bits per heavy atom. The first-order valence-corrected chi connectivity index (χ1v) is 5.88. The zero-order valence-electron chi connectivity index (χ0n) is 9.68. The molecule has 1 atom stereocenters. The third-order valence-corrected chi connectivity index (χ3v) is 2.44. The van der Waals surface area contributed by atoms with Crippen molar-refractivity contribution < 1.29 is 0 Å². The molecule has 0 spiro atoms. The van der Waals surface area contributed by atoms with E-state index in [1.807, 2.05) is 0 Å². The van der Waals surface area contributed by atoms with Crippen LogP contribution in [-0.2, 0) is 0 Å². The lowest BCUT2D eigenvalue weighted by Gasteiger charge is -2.05. The van der Waals surface area contributed by atoms with Crippen LogP contribution in [-0.4, -0.2) is 6.04 Å². The predicted octanol–water partition coefficient (Wildman–Crippen LogP) is 3.72.